The molecule has 0 N–H and O–H groups in total. The van der Waals surface area contributed by atoms with E-state index in [-0.39, 0.29) is 38.4 Å². The molecule has 0 aliphatic heterocycles. The highest BCUT2D eigenvalue weighted by atomic mass is 16.6. The van der Waals surface area contributed by atoms with Crippen LogP contribution in [0.25, 0.3) is 21.5 Å². The average molecular weight is 735 g/mol. The van der Waals surface area contributed by atoms with Crippen LogP contribution in [0.1, 0.15) is 76.0 Å². The summed E-state index contributed by atoms with van der Waals surface area (Å²) in [5, 5.41) is 3.40. The molecule has 0 spiro atoms. The molecule has 286 valence electrons. The molecule has 0 heterocycles. The minimum atomic E-state index is -0.648. The largest absolute Gasteiger partial charge is 0.490 e. The lowest BCUT2D eigenvalue weighted by Gasteiger charge is -2.23. The van der Waals surface area contributed by atoms with E-state index in [2.05, 4.69) is 25.1 Å². The Balaban J connectivity index is 1.45. The van der Waals surface area contributed by atoms with Crippen LogP contribution in [0.5, 0.6) is 23.0 Å². The van der Waals surface area contributed by atoms with Crippen LogP contribution >= 0.6 is 0 Å². The van der Waals surface area contributed by atoms with Crippen molar-refractivity contribution in [2.75, 3.05) is 26.4 Å². The van der Waals surface area contributed by atoms with Crippen molar-refractivity contribution in [3.8, 4) is 23.0 Å². The highest BCUT2D eigenvalue weighted by Crippen LogP contribution is 2.43. The highest BCUT2D eigenvalue weighted by Gasteiger charge is 2.23. The van der Waals surface area contributed by atoms with Gasteiger partial charge in [-0.15, -0.1) is 0 Å². The maximum atomic E-state index is 12.8. The predicted molar refractivity (Wildman–Crippen MR) is 214 cm³/mol. The predicted octanol–water partition coefficient (Wildman–Crippen LogP) is 10.3. The van der Waals surface area contributed by atoms with Gasteiger partial charge in [0.15, 0.2) is 12.2 Å². The van der Waals surface area contributed by atoms with E-state index in [1.165, 1.54) is 0 Å². The molecule has 0 aromatic heterocycles. The molecular weight excluding hydrogens is 680 g/mol. The number of ether oxygens (including phenoxy) is 6. The number of hydrogen-bond acceptors (Lipinski definition) is 8. The van der Waals surface area contributed by atoms with E-state index in [9.17, 15) is 9.59 Å². The first kappa shape index (κ1) is 40.0. The molecule has 0 radical (unpaired) electrons. The second-order valence-electron chi connectivity index (χ2n) is 13.7. The first-order valence-electron chi connectivity index (χ1n) is 19.3. The van der Waals surface area contributed by atoms with Crippen molar-refractivity contribution in [3.05, 3.63) is 108 Å². The number of fused-ring (bicyclic) bond motifs is 2. The van der Waals surface area contributed by atoms with Crippen molar-refractivity contribution < 1.29 is 38.0 Å². The zero-order valence-corrected chi connectivity index (χ0v) is 32.4. The molecule has 0 aliphatic rings. The lowest BCUT2D eigenvalue weighted by molar-refractivity contribution is -0.153. The molecule has 0 aliphatic carbocycles. The third kappa shape index (κ3) is 11.4. The third-order valence-corrected chi connectivity index (χ3v) is 9.14. The van der Waals surface area contributed by atoms with Gasteiger partial charge in [0.25, 0.3) is 0 Å². The maximum Gasteiger partial charge on any atom is 0.306 e. The van der Waals surface area contributed by atoms with E-state index in [1.54, 1.807) is 0 Å². The van der Waals surface area contributed by atoms with E-state index in [0.29, 0.717) is 35.8 Å². The Bertz CT molecular complexity index is 1990. The second-order valence-corrected chi connectivity index (χ2v) is 13.7. The van der Waals surface area contributed by atoms with Gasteiger partial charge in [-0.1, -0.05) is 94.3 Å². The van der Waals surface area contributed by atoms with Gasteiger partial charge in [-0.05, 0) is 80.1 Å². The molecule has 54 heavy (non-hydrogen) atoms. The minimum absolute atomic E-state index is 0.0879. The van der Waals surface area contributed by atoms with Gasteiger partial charge in [-0.2, -0.15) is 0 Å². The van der Waals surface area contributed by atoms with Crippen LogP contribution in [0.15, 0.2) is 91.0 Å². The summed E-state index contributed by atoms with van der Waals surface area (Å²) >= 11 is 0. The first-order valence-corrected chi connectivity index (χ1v) is 19.3. The Kier molecular flexibility index (Phi) is 15.0. The highest BCUT2D eigenvalue weighted by molar-refractivity contribution is 6.11. The quantitative estimate of drug-likeness (QED) is 0.0544. The fraction of sp³-hybridized carbons (Fsp3) is 0.391. The van der Waals surface area contributed by atoms with Gasteiger partial charge < -0.3 is 28.4 Å². The van der Waals surface area contributed by atoms with Crippen molar-refractivity contribution in [1.29, 1.82) is 0 Å². The van der Waals surface area contributed by atoms with Gasteiger partial charge in [0.05, 0.1) is 0 Å². The summed E-state index contributed by atoms with van der Waals surface area (Å²) in [4.78, 5) is 25.7. The van der Waals surface area contributed by atoms with Gasteiger partial charge in [0.1, 0.15) is 49.4 Å². The lowest BCUT2D eigenvalue weighted by atomic mass is 9.98. The number of aryl methyl sites for hydroxylation is 3. The topological polar surface area (TPSA) is 89.5 Å². The summed E-state index contributed by atoms with van der Waals surface area (Å²) < 4.78 is 37.4. The number of benzene rings is 5. The molecule has 8 heteroatoms. The summed E-state index contributed by atoms with van der Waals surface area (Å²) in [6, 6.07) is 29.8. The number of carbonyl (C=O) groups excluding carboxylic acids is 2. The Hall–Kier alpha value is -5.24. The van der Waals surface area contributed by atoms with Crippen LogP contribution in [0.4, 0.5) is 0 Å². The zero-order valence-electron chi connectivity index (χ0n) is 32.4. The molecular formula is C46H54O8. The average Bonchev–Trinajstić information content (AvgIpc) is 3.18. The molecule has 2 atom stereocenters. The van der Waals surface area contributed by atoms with Crippen molar-refractivity contribution in [1.82, 2.24) is 0 Å². The van der Waals surface area contributed by atoms with Gasteiger partial charge in [-0.3, -0.25) is 9.59 Å². The summed E-state index contributed by atoms with van der Waals surface area (Å²) in [6.45, 7) is 10.7. The van der Waals surface area contributed by atoms with Gasteiger partial charge in [0, 0.05) is 34.4 Å². The van der Waals surface area contributed by atoms with Crippen LogP contribution < -0.4 is 18.9 Å². The van der Waals surface area contributed by atoms with Crippen LogP contribution in [0, 0.1) is 13.8 Å². The van der Waals surface area contributed by atoms with E-state index in [0.717, 1.165) is 70.3 Å². The fourth-order valence-electron chi connectivity index (χ4n) is 6.18. The maximum absolute atomic E-state index is 12.8. The Morgan fingerprint density at radius 1 is 0.519 bits per heavy atom. The molecule has 5 rings (SSSR count). The zero-order chi connectivity index (χ0) is 38.3. The molecule has 0 saturated carbocycles. The number of esters is 2. The van der Waals surface area contributed by atoms with Crippen LogP contribution in [0.2, 0.25) is 0 Å². The molecule has 0 amide bonds. The number of carbonyl (C=O) groups is 2. The van der Waals surface area contributed by atoms with E-state index >= 15 is 0 Å². The standard InChI is InChI=1S/C46H54O8/c1-6-9-21-43(47)53-37(28-49-35-17-13-15-32(4)25-35)30-51-45-39-19-11-12-20-40(39)46(42-27-34(8-3)23-24-41(42)45)52-31-38(54-44(48)22-10-7-2)29-50-36-18-14-16-33(5)26-36/h11-20,23-27,37-38H,6-10,21-22,28-31H2,1-5H3. The molecule has 5 aromatic rings. The molecule has 8 nitrogen and oxygen atoms in total. The summed E-state index contributed by atoms with van der Waals surface area (Å²) in [6.07, 6.45) is 3.48. The van der Waals surface area contributed by atoms with E-state index < -0.39 is 12.2 Å². The molecule has 0 fully saturated rings. The third-order valence-electron chi connectivity index (χ3n) is 9.14. The Morgan fingerprint density at radius 2 is 0.981 bits per heavy atom. The van der Waals surface area contributed by atoms with Crippen molar-refractivity contribution >= 4 is 33.5 Å². The van der Waals surface area contributed by atoms with E-state index in [1.807, 2.05) is 100 Å². The Labute approximate surface area is 319 Å². The lowest BCUT2D eigenvalue weighted by Crippen LogP contribution is -2.31. The normalized spacial score (nSPS) is 12.2. The summed E-state index contributed by atoms with van der Waals surface area (Å²) in [5.41, 5.74) is 3.28. The van der Waals surface area contributed by atoms with Crippen molar-refractivity contribution in [3.63, 3.8) is 0 Å². The molecule has 2 unspecified atom stereocenters. The second kappa shape index (κ2) is 20.3. The van der Waals surface area contributed by atoms with Crippen LogP contribution in [-0.4, -0.2) is 50.6 Å². The molecule has 5 aromatic carbocycles. The van der Waals surface area contributed by atoms with E-state index in [4.69, 9.17) is 28.4 Å². The number of unbranched alkanes of at least 4 members (excludes halogenated alkanes) is 2. The molecule has 0 saturated heterocycles. The van der Waals surface area contributed by atoms with Crippen LogP contribution in [0.3, 0.4) is 0 Å². The van der Waals surface area contributed by atoms with Crippen molar-refractivity contribution in [2.24, 2.45) is 0 Å². The SMILES string of the molecule is CCCCC(=O)OC(COc1cccc(C)c1)COc1c2ccccc2c(OCC(COc2cccc(C)c2)OC(=O)CCCC)c2cc(CC)ccc12. The Morgan fingerprint density at radius 3 is 1.44 bits per heavy atom. The smallest absolute Gasteiger partial charge is 0.306 e. The fourth-order valence-corrected chi connectivity index (χ4v) is 6.18. The monoisotopic (exact) mass is 734 g/mol. The number of rotatable bonds is 21. The number of hydrogen-bond donors (Lipinski definition) is 0. The minimum Gasteiger partial charge on any atom is -0.490 e. The van der Waals surface area contributed by atoms with Gasteiger partial charge >= 0.3 is 11.9 Å². The molecule has 0 bridgehead atoms. The summed E-state index contributed by atoms with van der Waals surface area (Å²) in [5.74, 6) is 2.17. The first-order chi connectivity index (χ1) is 26.3. The van der Waals surface area contributed by atoms with Gasteiger partial charge in [0.2, 0.25) is 0 Å². The summed E-state index contributed by atoms with van der Waals surface area (Å²) in [7, 11) is 0. The van der Waals surface area contributed by atoms with Crippen molar-refractivity contribution in [2.45, 2.75) is 91.8 Å². The van der Waals surface area contributed by atoms with Crippen LogP contribution in [-0.2, 0) is 25.5 Å². The van der Waals surface area contributed by atoms with Gasteiger partial charge in [-0.25, -0.2) is 0 Å².